The second-order valence-electron chi connectivity index (χ2n) is 4.99. The van der Waals surface area contributed by atoms with E-state index < -0.39 is 0 Å². The third-order valence-electron chi connectivity index (χ3n) is 3.31. The maximum absolute atomic E-state index is 12.3. The molecule has 120 valence electrons. The Morgan fingerprint density at radius 2 is 2.29 bits per heavy atom. The highest BCUT2D eigenvalue weighted by Crippen LogP contribution is 2.22. The molecular formula is C15H12N6O2S. The number of amides is 1. The van der Waals surface area contributed by atoms with Crippen molar-refractivity contribution in [2.24, 2.45) is 0 Å². The van der Waals surface area contributed by atoms with Crippen LogP contribution in [0.3, 0.4) is 0 Å². The molecule has 9 heteroatoms. The molecule has 1 amide bonds. The molecule has 4 aromatic rings. The van der Waals surface area contributed by atoms with Crippen molar-refractivity contribution in [1.82, 2.24) is 25.1 Å². The monoisotopic (exact) mass is 340 g/mol. The van der Waals surface area contributed by atoms with Crippen molar-refractivity contribution in [3.8, 4) is 22.8 Å². The Bertz CT molecular complexity index is 981. The number of nitrogens with one attached hydrogen (secondary N) is 3. The summed E-state index contributed by atoms with van der Waals surface area (Å²) in [6.07, 6.45) is 3.28. The summed E-state index contributed by atoms with van der Waals surface area (Å²) in [7, 11) is 0. The van der Waals surface area contributed by atoms with Crippen LogP contribution in [0, 0.1) is 6.92 Å². The van der Waals surface area contributed by atoms with E-state index in [4.69, 9.17) is 4.42 Å². The first-order valence-corrected chi connectivity index (χ1v) is 7.95. The van der Waals surface area contributed by atoms with Gasteiger partial charge in [-0.15, -0.1) is 16.4 Å². The lowest BCUT2D eigenvalue weighted by atomic mass is 10.2. The Hall–Kier alpha value is -3.20. The molecule has 4 aromatic heterocycles. The van der Waals surface area contributed by atoms with Crippen LogP contribution in [-0.2, 0) is 0 Å². The lowest BCUT2D eigenvalue weighted by Gasteiger charge is -1.96. The maximum Gasteiger partial charge on any atom is 0.274 e. The van der Waals surface area contributed by atoms with E-state index in [9.17, 15) is 4.79 Å². The van der Waals surface area contributed by atoms with Gasteiger partial charge in [-0.3, -0.25) is 15.2 Å². The maximum atomic E-state index is 12.3. The number of nitrogens with zero attached hydrogens (tertiary/aromatic N) is 3. The summed E-state index contributed by atoms with van der Waals surface area (Å²) < 4.78 is 5.22. The van der Waals surface area contributed by atoms with Gasteiger partial charge in [0.1, 0.15) is 5.69 Å². The number of carbonyl (C=O) groups excluding carboxylic acids is 1. The van der Waals surface area contributed by atoms with Crippen LogP contribution < -0.4 is 5.32 Å². The Morgan fingerprint density at radius 1 is 1.38 bits per heavy atom. The fourth-order valence-electron chi connectivity index (χ4n) is 2.18. The van der Waals surface area contributed by atoms with Gasteiger partial charge in [0.25, 0.3) is 5.91 Å². The minimum absolute atomic E-state index is 0.173. The van der Waals surface area contributed by atoms with E-state index in [-0.39, 0.29) is 11.9 Å². The van der Waals surface area contributed by atoms with E-state index in [1.165, 1.54) is 6.26 Å². The number of H-pyrrole nitrogens is 2. The van der Waals surface area contributed by atoms with Crippen LogP contribution in [0.4, 0.5) is 5.95 Å². The number of rotatable bonds is 4. The number of aryl methyl sites for hydroxylation is 1. The minimum atomic E-state index is -0.335. The van der Waals surface area contributed by atoms with Gasteiger partial charge in [0.2, 0.25) is 5.95 Å². The zero-order chi connectivity index (χ0) is 16.5. The molecule has 0 aliphatic heterocycles. The third kappa shape index (κ3) is 2.72. The van der Waals surface area contributed by atoms with Gasteiger partial charge >= 0.3 is 0 Å². The van der Waals surface area contributed by atoms with Crippen molar-refractivity contribution in [3.05, 3.63) is 46.7 Å². The lowest BCUT2D eigenvalue weighted by Crippen LogP contribution is -2.13. The van der Waals surface area contributed by atoms with E-state index in [0.717, 1.165) is 16.3 Å². The molecule has 4 rings (SSSR count). The number of aromatic amines is 2. The van der Waals surface area contributed by atoms with E-state index >= 15 is 0 Å². The molecule has 24 heavy (non-hydrogen) atoms. The predicted octanol–water partition coefficient (Wildman–Crippen LogP) is 3.08. The van der Waals surface area contributed by atoms with Crippen LogP contribution >= 0.6 is 11.3 Å². The average Bonchev–Trinajstić information content (AvgIpc) is 3.34. The Labute approximate surface area is 140 Å². The fourth-order valence-corrected chi connectivity index (χ4v) is 2.80. The molecule has 0 atom stereocenters. The number of anilines is 1. The van der Waals surface area contributed by atoms with Gasteiger partial charge in [-0.25, -0.2) is 4.98 Å². The molecule has 0 unspecified atom stereocenters. The smallest absolute Gasteiger partial charge is 0.274 e. The minimum Gasteiger partial charge on any atom is -0.461 e. The Morgan fingerprint density at radius 3 is 3.04 bits per heavy atom. The van der Waals surface area contributed by atoms with Crippen molar-refractivity contribution in [1.29, 1.82) is 0 Å². The van der Waals surface area contributed by atoms with Gasteiger partial charge in [-0.2, -0.15) is 4.98 Å². The molecule has 0 spiro atoms. The zero-order valence-corrected chi connectivity index (χ0v) is 13.3. The Balaban J connectivity index is 1.50. The fraction of sp³-hybridized carbons (Fsp3) is 0.0667. The summed E-state index contributed by atoms with van der Waals surface area (Å²) in [6, 6.07) is 5.24. The van der Waals surface area contributed by atoms with E-state index in [1.807, 2.05) is 12.3 Å². The Kier molecular flexibility index (Phi) is 3.47. The summed E-state index contributed by atoms with van der Waals surface area (Å²) in [4.78, 5) is 23.8. The topological polar surface area (TPSA) is 112 Å². The van der Waals surface area contributed by atoms with Crippen LogP contribution in [0.5, 0.6) is 0 Å². The van der Waals surface area contributed by atoms with Gasteiger partial charge in [-0.05, 0) is 25.1 Å². The van der Waals surface area contributed by atoms with E-state index in [0.29, 0.717) is 17.3 Å². The predicted molar refractivity (Wildman–Crippen MR) is 88.7 cm³/mol. The number of furan rings is 1. The molecule has 8 nitrogen and oxygen atoms in total. The first-order chi connectivity index (χ1) is 11.7. The van der Waals surface area contributed by atoms with Gasteiger partial charge in [0.05, 0.1) is 17.0 Å². The van der Waals surface area contributed by atoms with Crippen LogP contribution in [0.1, 0.15) is 15.5 Å². The molecular weight excluding hydrogens is 328 g/mol. The molecule has 0 radical (unpaired) electrons. The van der Waals surface area contributed by atoms with Gasteiger partial charge in [0.15, 0.2) is 11.6 Å². The van der Waals surface area contributed by atoms with Crippen molar-refractivity contribution < 1.29 is 9.21 Å². The second-order valence-corrected chi connectivity index (χ2v) is 6.06. The van der Waals surface area contributed by atoms with Crippen molar-refractivity contribution in [2.75, 3.05) is 5.32 Å². The highest BCUT2D eigenvalue weighted by Gasteiger charge is 2.14. The van der Waals surface area contributed by atoms with Gasteiger partial charge < -0.3 is 9.40 Å². The number of carbonyl (C=O) groups is 1. The standard InChI is InChI=1S/C15H12N6O2S/c1-8-17-11(7-24-8)9-5-10(16-6-9)14(22)19-15-18-13(20-21-15)12-3-2-4-23-12/h2-7,16H,1H3,(H2,18,19,20,21,22). The van der Waals surface area contributed by atoms with Crippen molar-refractivity contribution in [2.45, 2.75) is 6.92 Å². The summed E-state index contributed by atoms with van der Waals surface area (Å²) >= 11 is 1.56. The molecule has 0 aromatic carbocycles. The molecule has 4 heterocycles. The highest BCUT2D eigenvalue weighted by atomic mass is 32.1. The van der Waals surface area contributed by atoms with Crippen molar-refractivity contribution in [3.63, 3.8) is 0 Å². The summed E-state index contributed by atoms with van der Waals surface area (Å²) in [5.74, 6) is 0.828. The summed E-state index contributed by atoms with van der Waals surface area (Å²) in [5.41, 5.74) is 2.10. The molecule has 0 saturated heterocycles. The summed E-state index contributed by atoms with van der Waals surface area (Å²) in [5, 5.41) is 12.2. The number of aromatic nitrogens is 5. The molecule has 0 aliphatic rings. The largest absolute Gasteiger partial charge is 0.461 e. The number of thiazole rings is 1. The highest BCUT2D eigenvalue weighted by molar-refractivity contribution is 7.09. The van der Waals surface area contributed by atoms with Gasteiger partial charge in [0, 0.05) is 17.1 Å². The van der Waals surface area contributed by atoms with Crippen molar-refractivity contribution >= 4 is 23.2 Å². The molecule has 3 N–H and O–H groups in total. The molecule has 0 bridgehead atoms. The average molecular weight is 340 g/mol. The zero-order valence-electron chi connectivity index (χ0n) is 12.5. The van der Waals surface area contributed by atoms with Crippen LogP contribution in [0.2, 0.25) is 0 Å². The normalized spacial score (nSPS) is 10.9. The first kappa shape index (κ1) is 14.4. The SMILES string of the molecule is Cc1nc(-c2c[nH]c(C(=O)Nc3n[nH]c(-c4ccco4)n3)c2)cs1. The van der Waals surface area contributed by atoms with E-state index in [1.54, 1.807) is 35.7 Å². The van der Waals surface area contributed by atoms with Crippen LogP contribution in [0.25, 0.3) is 22.8 Å². The number of hydrogen-bond donors (Lipinski definition) is 3. The van der Waals surface area contributed by atoms with E-state index in [2.05, 4.69) is 30.5 Å². The quantitative estimate of drug-likeness (QED) is 0.528. The number of hydrogen-bond acceptors (Lipinski definition) is 6. The van der Waals surface area contributed by atoms with Crippen LogP contribution in [0.15, 0.2) is 40.5 Å². The molecule has 0 fully saturated rings. The first-order valence-electron chi connectivity index (χ1n) is 7.07. The third-order valence-corrected chi connectivity index (χ3v) is 4.08. The molecule has 0 saturated carbocycles. The van der Waals surface area contributed by atoms with Gasteiger partial charge in [-0.1, -0.05) is 0 Å². The summed E-state index contributed by atoms with van der Waals surface area (Å²) in [6.45, 7) is 1.94. The lowest BCUT2D eigenvalue weighted by molar-refractivity contribution is 0.102. The molecule has 0 aliphatic carbocycles. The second kappa shape index (κ2) is 5.78. The van der Waals surface area contributed by atoms with Crippen LogP contribution in [-0.4, -0.2) is 31.1 Å².